The Labute approximate surface area is 134 Å². The van der Waals surface area contributed by atoms with Gasteiger partial charge in [-0.05, 0) is 39.8 Å². The van der Waals surface area contributed by atoms with Gasteiger partial charge >= 0.3 is 11.6 Å². The quantitative estimate of drug-likeness (QED) is 0.389. The molecule has 0 radical (unpaired) electrons. The van der Waals surface area contributed by atoms with Crippen LogP contribution in [0.25, 0.3) is 0 Å². The second-order valence-corrected chi connectivity index (χ2v) is 6.25. The third kappa shape index (κ3) is 2.74. The third-order valence-electron chi connectivity index (χ3n) is 3.75. The molecule has 0 saturated heterocycles. The number of amides is 1. The van der Waals surface area contributed by atoms with Gasteiger partial charge in [0.25, 0.3) is 0 Å². The molecule has 2 rings (SSSR count). The maximum absolute atomic E-state index is 12.4. The minimum atomic E-state index is -1.08. The maximum atomic E-state index is 12.4. The molecule has 0 aromatic heterocycles. The van der Waals surface area contributed by atoms with E-state index in [1.807, 2.05) is 0 Å². The van der Waals surface area contributed by atoms with Crippen LogP contribution in [0.4, 0.5) is 0 Å². The lowest BCUT2D eigenvalue weighted by atomic mass is 9.95. The van der Waals surface area contributed by atoms with Gasteiger partial charge in [0, 0.05) is 0 Å². The van der Waals surface area contributed by atoms with E-state index in [2.05, 4.69) is 4.99 Å². The van der Waals surface area contributed by atoms with Gasteiger partial charge < -0.3 is 10.4 Å². The van der Waals surface area contributed by atoms with Crippen LogP contribution in [-0.4, -0.2) is 43.5 Å². The second-order valence-electron chi connectivity index (χ2n) is 6.25. The van der Waals surface area contributed by atoms with Crippen molar-refractivity contribution in [1.29, 1.82) is 5.26 Å². The zero-order chi connectivity index (χ0) is 17.4. The average Bonchev–Trinajstić information content (AvgIpc) is 2.68. The van der Waals surface area contributed by atoms with E-state index in [0.717, 1.165) is 5.06 Å². The lowest BCUT2D eigenvalue weighted by Gasteiger charge is -2.33. The van der Waals surface area contributed by atoms with Crippen molar-refractivity contribution in [3.8, 4) is 6.07 Å². The molecule has 0 bridgehead atoms. The average molecular weight is 314 g/mol. The molecule has 7 heteroatoms. The predicted octanol–water partition coefficient (Wildman–Crippen LogP) is 1.96. The van der Waals surface area contributed by atoms with Crippen molar-refractivity contribution < 1.29 is 14.7 Å². The van der Waals surface area contributed by atoms with Crippen molar-refractivity contribution in [2.45, 2.75) is 38.9 Å². The van der Waals surface area contributed by atoms with Gasteiger partial charge in [0.05, 0.1) is 11.1 Å². The van der Waals surface area contributed by atoms with Crippen LogP contribution in [0.5, 0.6) is 0 Å². The summed E-state index contributed by atoms with van der Waals surface area (Å²) in [5.41, 5.74) is -2.25. The molecule has 0 aliphatic carbocycles. The highest BCUT2D eigenvalue weighted by atomic mass is 16.5. The summed E-state index contributed by atoms with van der Waals surface area (Å²) in [6, 6.07) is 9.71. The summed E-state index contributed by atoms with van der Waals surface area (Å²) < 4.78 is 0.0329. The van der Waals surface area contributed by atoms with E-state index in [1.54, 1.807) is 52.0 Å². The van der Waals surface area contributed by atoms with Crippen LogP contribution in [0, 0.1) is 16.5 Å². The highest BCUT2D eigenvalue weighted by molar-refractivity contribution is 6.50. The van der Waals surface area contributed by atoms with Crippen molar-refractivity contribution in [2.75, 3.05) is 0 Å². The third-order valence-corrected chi connectivity index (χ3v) is 3.75. The molecule has 23 heavy (non-hydrogen) atoms. The molecule has 1 aromatic rings. The summed E-state index contributed by atoms with van der Waals surface area (Å²) in [7, 11) is 0. The first-order chi connectivity index (χ1) is 10.6. The minimum Gasteiger partial charge on any atom is -0.615 e. The number of carbonyl (C=O) groups is 1. The topological polar surface area (TPSA) is 103 Å². The van der Waals surface area contributed by atoms with Gasteiger partial charge in [-0.3, -0.25) is 4.99 Å². The molecule has 1 aliphatic rings. The number of hydrogen-bond donors (Lipinski definition) is 1. The highest BCUT2D eigenvalue weighted by Crippen LogP contribution is 2.33. The van der Waals surface area contributed by atoms with Gasteiger partial charge in [-0.1, -0.05) is 18.2 Å². The van der Waals surface area contributed by atoms with Crippen molar-refractivity contribution in [2.24, 2.45) is 4.99 Å². The molecule has 0 atom stereocenters. The Bertz CT molecular complexity index is 742. The van der Waals surface area contributed by atoms with Crippen molar-refractivity contribution >= 4 is 17.3 Å². The number of hydrogen-bond acceptors (Lipinski definition) is 6. The molecule has 0 saturated carbocycles. The number of benzene rings is 1. The number of rotatable bonds is 2. The van der Waals surface area contributed by atoms with Gasteiger partial charge in [0.2, 0.25) is 0 Å². The van der Waals surface area contributed by atoms with Gasteiger partial charge in [0.15, 0.2) is 6.07 Å². The summed E-state index contributed by atoms with van der Waals surface area (Å²) in [5.74, 6) is -0.852. The fraction of sp³-hybridized carbons (Fsp3) is 0.375. The van der Waals surface area contributed by atoms with E-state index in [9.17, 15) is 20.5 Å². The van der Waals surface area contributed by atoms with Gasteiger partial charge in [0.1, 0.15) is 11.4 Å². The van der Waals surface area contributed by atoms with Crippen LogP contribution in [0.2, 0.25) is 0 Å². The summed E-state index contributed by atoms with van der Waals surface area (Å²) in [4.78, 5) is 16.5. The number of nitriles is 1. The maximum Gasteiger partial charge on any atom is 0.431 e. The van der Waals surface area contributed by atoms with E-state index >= 15 is 0 Å². The number of nitrogens with zero attached hydrogens (tertiary/aromatic N) is 4. The van der Waals surface area contributed by atoms with Crippen molar-refractivity contribution in [3.05, 3.63) is 41.1 Å². The van der Waals surface area contributed by atoms with Crippen molar-refractivity contribution in [3.63, 3.8) is 0 Å². The van der Waals surface area contributed by atoms with Gasteiger partial charge in [-0.15, -0.1) is 4.74 Å². The molecule has 120 valence electrons. The molecule has 1 N–H and O–H groups in total. The van der Waals surface area contributed by atoms with Crippen LogP contribution in [0.1, 0.15) is 38.1 Å². The zero-order valence-electron chi connectivity index (χ0n) is 13.4. The van der Waals surface area contributed by atoms with E-state index < -0.39 is 22.8 Å². The molecular weight excluding hydrogens is 296 g/mol. The predicted molar refractivity (Wildman–Crippen MR) is 84.2 cm³/mol. The van der Waals surface area contributed by atoms with Crippen molar-refractivity contribution in [1.82, 2.24) is 5.06 Å². The summed E-state index contributed by atoms with van der Waals surface area (Å²) in [6.45, 7) is 6.54. The number of aliphatic imine (C=N–C) groups is 1. The molecule has 1 aromatic carbocycles. The highest BCUT2D eigenvalue weighted by Gasteiger charge is 2.51. The molecule has 0 spiro atoms. The Balaban J connectivity index is 2.56. The van der Waals surface area contributed by atoms with E-state index in [1.165, 1.54) is 12.1 Å². The monoisotopic (exact) mass is 314 g/mol. The Hall–Kier alpha value is -2.56. The lowest BCUT2D eigenvalue weighted by Crippen LogP contribution is -2.52. The Morgan fingerprint density at radius 1 is 1.30 bits per heavy atom. The van der Waals surface area contributed by atoms with E-state index in [4.69, 9.17) is 0 Å². The number of hydroxylamine groups is 3. The Morgan fingerprint density at radius 2 is 1.87 bits per heavy atom. The molecular formula is C16H18N4O3. The standard InChI is InChI=1S/C16H18N4O3/c1-15(2)13(18-16(3,4)20(15)23)12(10-17)19(22)14(21)11-8-6-5-7-9-11/h5-9,23H,1-4H3. The smallest absolute Gasteiger partial charge is 0.431 e. The summed E-state index contributed by atoms with van der Waals surface area (Å²) >= 11 is 0. The molecule has 0 unspecified atom stereocenters. The minimum absolute atomic E-state index is 0.0329. The summed E-state index contributed by atoms with van der Waals surface area (Å²) in [5, 5.41) is 33.0. The first-order valence-electron chi connectivity index (χ1n) is 7.06. The van der Waals surface area contributed by atoms with Crippen LogP contribution in [0.15, 0.2) is 35.3 Å². The van der Waals surface area contributed by atoms with Crippen LogP contribution >= 0.6 is 0 Å². The Kier molecular flexibility index (Phi) is 4.07. The van der Waals surface area contributed by atoms with Gasteiger partial charge in [-0.25, -0.2) is 4.79 Å². The van der Waals surface area contributed by atoms with E-state index in [0.29, 0.717) is 0 Å². The zero-order valence-corrected chi connectivity index (χ0v) is 13.4. The largest absolute Gasteiger partial charge is 0.615 e. The van der Waals surface area contributed by atoms with Crippen LogP contribution in [-0.2, 0) is 0 Å². The Morgan fingerprint density at radius 3 is 2.30 bits per heavy atom. The molecule has 1 aliphatic heterocycles. The molecule has 1 amide bonds. The van der Waals surface area contributed by atoms with Crippen LogP contribution < -0.4 is 0 Å². The second kappa shape index (κ2) is 5.57. The number of carbonyl (C=O) groups excluding carboxylic acids is 1. The fourth-order valence-electron chi connectivity index (χ4n) is 2.58. The SMILES string of the molecule is CC1(C)N=C(C(C#N)=[N+]([O-])C(=O)c2ccccc2)C(C)(C)N1O. The first kappa shape index (κ1) is 16.8. The lowest BCUT2D eigenvalue weighted by molar-refractivity contribution is -0.349. The van der Waals surface area contributed by atoms with Crippen LogP contribution in [0.3, 0.4) is 0 Å². The van der Waals surface area contributed by atoms with E-state index in [-0.39, 0.29) is 16.0 Å². The molecule has 0 fully saturated rings. The molecule has 1 heterocycles. The summed E-state index contributed by atoms with van der Waals surface area (Å²) in [6.07, 6.45) is 0. The molecule has 7 nitrogen and oxygen atoms in total. The van der Waals surface area contributed by atoms with Gasteiger partial charge in [-0.2, -0.15) is 10.3 Å². The normalized spacial score (nSPS) is 20.4. The fourth-order valence-corrected chi connectivity index (χ4v) is 2.58. The first-order valence-corrected chi connectivity index (χ1v) is 7.06.